The van der Waals surface area contributed by atoms with E-state index in [2.05, 4.69) is 20.9 Å². The summed E-state index contributed by atoms with van der Waals surface area (Å²) in [6.45, 7) is 1.88. The van der Waals surface area contributed by atoms with E-state index in [4.69, 9.17) is 10.5 Å². The second kappa shape index (κ2) is 12.2. The number of pyridine rings is 1. The minimum absolute atomic E-state index is 0.168. The molecule has 0 radical (unpaired) electrons. The van der Waals surface area contributed by atoms with Gasteiger partial charge in [-0.25, -0.2) is 4.79 Å². The van der Waals surface area contributed by atoms with Crippen LogP contribution in [0.25, 0.3) is 10.9 Å². The van der Waals surface area contributed by atoms with E-state index in [-0.39, 0.29) is 24.8 Å². The number of carbonyl (C=O) groups excluding carboxylic acids is 3. The summed E-state index contributed by atoms with van der Waals surface area (Å²) in [6.07, 6.45) is 2.65. The number of nitrogens with one attached hydrogen (secondary N) is 3. The highest BCUT2D eigenvalue weighted by Gasteiger charge is 2.22. The molecule has 1 unspecified atom stereocenters. The number of para-hydroxylation sites is 3. The van der Waals surface area contributed by atoms with Gasteiger partial charge in [-0.05, 0) is 44.0 Å². The number of ether oxygens (including phenoxy) is 1. The summed E-state index contributed by atoms with van der Waals surface area (Å²) in [5.74, 6) is -0.549. The predicted molar refractivity (Wildman–Crippen MR) is 132 cm³/mol. The number of anilines is 3. The fourth-order valence-corrected chi connectivity index (χ4v) is 3.47. The molecule has 9 nitrogen and oxygen atoms in total. The fraction of sp³-hybridized carbons (Fsp3) is 0.280. The molecule has 3 amide bonds. The smallest absolute Gasteiger partial charge is 0.407 e. The van der Waals surface area contributed by atoms with Crippen molar-refractivity contribution in [1.82, 2.24) is 10.3 Å². The van der Waals surface area contributed by atoms with E-state index in [0.717, 1.165) is 5.39 Å². The minimum Gasteiger partial charge on any atom is -0.450 e. The maximum Gasteiger partial charge on any atom is 0.407 e. The molecule has 3 rings (SSSR count). The van der Waals surface area contributed by atoms with Crippen LogP contribution in [-0.2, 0) is 14.3 Å². The maximum absolute atomic E-state index is 13.0. The van der Waals surface area contributed by atoms with Gasteiger partial charge in [0.05, 0.1) is 29.2 Å². The Labute approximate surface area is 198 Å². The van der Waals surface area contributed by atoms with Crippen molar-refractivity contribution in [2.45, 2.75) is 38.6 Å². The molecule has 0 aliphatic rings. The number of unbranched alkanes of at least 4 members (excludes halogenated alkanes) is 1. The first-order chi connectivity index (χ1) is 16.5. The Bertz CT molecular complexity index is 1150. The van der Waals surface area contributed by atoms with Crippen molar-refractivity contribution in [3.63, 3.8) is 0 Å². The molecule has 34 heavy (non-hydrogen) atoms. The highest BCUT2D eigenvalue weighted by molar-refractivity contribution is 6.03. The lowest BCUT2D eigenvalue weighted by atomic mass is 10.1. The molecule has 3 aromatic rings. The highest BCUT2D eigenvalue weighted by atomic mass is 16.5. The summed E-state index contributed by atoms with van der Waals surface area (Å²) in [5.41, 5.74) is 8.12. The van der Waals surface area contributed by atoms with Crippen molar-refractivity contribution >= 4 is 45.9 Å². The quantitative estimate of drug-likeness (QED) is 0.264. The molecule has 0 saturated heterocycles. The molecule has 5 N–H and O–H groups in total. The third-order valence-electron chi connectivity index (χ3n) is 5.16. The van der Waals surface area contributed by atoms with Crippen molar-refractivity contribution in [3.8, 4) is 0 Å². The third kappa shape index (κ3) is 6.93. The lowest BCUT2D eigenvalue weighted by Gasteiger charge is -2.18. The number of alkyl carbamates (subject to hydrolysis) is 1. The Kier molecular flexibility index (Phi) is 8.79. The molecule has 1 aromatic heterocycles. The predicted octanol–water partition coefficient (Wildman–Crippen LogP) is 4.07. The number of nitrogens with zero attached hydrogens (tertiary/aromatic N) is 1. The van der Waals surface area contributed by atoms with Gasteiger partial charge in [0, 0.05) is 18.0 Å². The SMILES string of the molecule is CCOC(=O)NC(CCCCC(=O)Nc1ccccc1N)C(=O)Nc1cccc2cccnc12. The standard InChI is InChI=1S/C25H29N5O4/c1-2-34-25(33)30-21(13-5-6-15-22(31)28-19-12-4-3-11-18(19)26)24(32)29-20-14-7-9-17-10-8-16-27-23(17)20/h3-4,7-12,14,16,21H,2,5-6,13,15,26H2,1H3,(H,28,31)(H,29,32)(H,30,33). The summed E-state index contributed by atoms with van der Waals surface area (Å²) in [7, 11) is 0. The largest absolute Gasteiger partial charge is 0.450 e. The number of amides is 3. The van der Waals surface area contributed by atoms with Gasteiger partial charge in [-0.3, -0.25) is 14.6 Å². The molecule has 2 aromatic carbocycles. The van der Waals surface area contributed by atoms with Crippen LogP contribution in [0.1, 0.15) is 32.6 Å². The summed E-state index contributed by atoms with van der Waals surface area (Å²) in [4.78, 5) is 41.6. The third-order valence-corrected chi connectivity index (χ3v) is 5.16. The maximum atomic E-state index is 13.0. The van der Waals surface area contributed by atoms with E-state index in [1.807, 2.05) is 24.3 Å². The number of benzene rings is 2. The molecular weight excluding hydrogens is 434 g/mol. The normalized spacial score (nSPS) is 11.4. The van der Waals surface area contributed by atoms with Gasteiger partial charge in [-0.2, -0.15) is 0 Å². The molecule has 9 heteroatoms. The van der Waals surface area contributed by atoms with Crippen LogP contribution >= 0.6 is 0 Å². The molecule has 0 spiro atoms. The van der Waals surface area contributed by atoms with Crippen LogP contribution < -0.4 is 21.7 Å². The number of carbonyl (C=O) groups is 3. The van der Waals surface area contributed by atoms with Crippen molar-refractivity contribution < 1.29 is 19.1 Å². The zero-order valence-corrected chi connectivity index (χ0v) is 19.0. The molecule has 178 valence electrons. The second-order valence-corrected chi connectivity index (χ2v) is 7.67. The Morgan fingerprint density at radius 1 is 0.971 bits per heavy atom. The highest BCUT2D eigenvalue weighted by Crippen LogP contribution is 2.21. The summed E-state index contributed by atoms with van der Waals surface area (Å²) in [5, 5.41) is 9.14. The molecule has 0 saturated carbocycles. The number of nitrogens with two attached hydrogens (primary N) is 1. The summed E-state index contributed by atoms with van der Waals surface area (Å²) in [6, 6.07) is 15.4. The van der Waals surface area contributed by atoms with Crippen LogP contribution in [0.3, 0.4) is 0 Å². The average molecular weight is 464 g/mol. The van der Waals surface area contributed by atoms with Crippen LogP contribution in [0.4, 0.5) is 21.9 Å². The van der Waals surface area contributed by atoms with Gasteiger partial charge in [-0.15, -0.1) is 0 Å². The van der Waals surface area contributed by atoms with Crippen molar-refractivity contribution in [2.75, 3.05) is 23.0 Å². The molecule has 1 atom stereocenters. The number of fused-ring (bicyclic) bond motifs is 1. The Morgan fingerprint density at radius 3 is 2.53 bits per heavy atom. The van der Waals surface area contributed by atoms with Crippen LogP contribution in [0.5, 0.6) is 0 Å². The number of hydrogen-bond donors (Lipinski definition) is 4. The van der Waals surface area contributed by atoms with Crippen molar-refractivity contribution in [3.05, 3.63) is 60.8 Å². The fourth-order valence-electron chi connectivity index (χ4n) is 3.47. The van der Waals surface area contributed by atoms with Crippen LogP contribution in [-0.4, -0.2) is 35.5 Å². The molecular formula is C25H29N5O4. The first-order valence-corrected chi connectivity index (χ1v) is 11.2. The van der Waals surface area contributed by atoms with E-state index in [1.165, 1.54) is 0 Å². The van der Waals surface area contributed by atoms with Crippen LogP contribution in [0.15, 0.2) is 60.8 Å². The number of nitrogen functional groups attached to an aromatic ring is 1. The van der Waals surface area contributed by atoms with Gasteiger partial charge >= 0.3 is 6.09 Å². The van der Waals surface area contributed by atoms with Crippen molar-refractivity contribution in [1.29, 1.82) is 0 Å². The van der Waals surface area contributed by atoms with E-state index in [1.54, 1.807) is 43.5 Å². The first-order valence-electron chi connectivity index (χ1n) is 11.2. The zero-order valence-electron chi connectivity index (χ0n) is 19.0. The van der Waals surface area contributed by atoms with Crippen LogP contribution in [0.2, 0.25) is 0 Å². The Morgan fingerprint density at radius 2 is 1.74 bits per heavy atom. The topological polar surface area (TPSA) is 135 Å². The molecule has 1 heterocycles. The Hall–Kier alpha value is -4.14. The lowest BCUT2D eigenvalue weighted by Crippen LogP contribution is -2.44. The average Bonchev–Trinajstić information content (AvgIpc) is 2.83. The van der Waals surface area contributed by atoms with Gasteiger partial charge in [0.1, 0.15) is 6.04 Å². The monoisotopic (exact) mass is 463 g/mol. The van der Waals surface area contributed by atoms with E-state index in [0.29, 0.717) is 41.8 Å². The molecule has 0 fully saturated rings. The van der Waals surface area contributed by atoms with Gasteiger partial charge in [0.15, 0.2) is 0 Å². The van der Waals surface area contributed by atoms with Gasteiger partial charge in [0.2, 0.25) is 11.8 Å². The van der Waals surface area contributed by atoms with E-state index in [9.17, 15) is 14.4 Å². The van der Waals surface area contributed by atoms with Crippen molar-refractivity contribution in [2.24, 2.45) is 0 Å². The molecule has 0 bridgehead atoms. The number of rotatable bonds is 10. The first kappa shape index (κ1) is 24.5. The van der Waals surface area contributed by atoms with E-state index < -0.39 is 12.1 Å². The second-order valence-electron chi connectivity index (χ2n) is 7.67. The number of aromatic nitrogens is 1. The molecule has 0 aliphatic carbocycles. The van der Waals surface area contributed by atoms with Gasteiger partial charge < -0.3 is 26.4 Å². The zero-order chi connectivity index (χ0) is 24.3. The van der Waals surface area contributed by atoms with Gasteiger partial charge in [0.25, 0.3) is 0 Å². The lowest BCUT2D eigenvalue weighted by molar-refractivity contribution is -0.118. The number of hydrogen-bond acceptors (Lipinski definition) is 6. The Balaban J connectivity index is 1.58. The van der Waals surface area contributed by atoms with E-state index >= 15 is 0 Å². The minimum atomic E-state index is -0.828. The molecule has 0 aliphatic heterocycles. The van der Waals surface area contributed by atoms with Gasteiger partial charge in [-0.1, -0.05) is 36.8 Å². The summed E-state index contributed by atoms with van der Waals surface area (Å²) < 4.78 is 4.95. The van der Waals surface area contributed by atoms with Crippen LogP contribution in [0, 0.1) is 0 Å². The summed E-state index contributed by atoms with van der Waals surface area (Å²) >= 11 is 0.